The molecule has 6 heterocycles. The lowest BCUT2D eigenvalue weighted by Crippen LogP contribution is -1.99. The second-order valence-electron chi connectivity index (χ2n) is 15.2. The number of aromatic nitrogens is 10. The molecule has 12 nitrogen and oxygen atoms in total. The average Bonchev–Trinajstić information content (AvgIpc) is 3.79. The first kappa shape index (κ1) is 31.2. The molecule has 12 heteroatoms. The molecule has 2 unspecified atom stereocenters. The lowest BCUT2D eigenvalue weighted by Gasteiger charge is -2.11. The Balaban J connectivity index is 1.02. The van der Waals surface area contributed by atoms with Crippen LogP contribution in [-0.4, -0.2) is 49.4 Å². The number of imidazole rings is 4. The van der Waals surface area contributed by atoms with Crippen LogP contribution in [0.15, 0.2) is 63.9 Å². The van der Waals surface area contributed by atoms with Gasteiger partial charge in [0.05, 0.1) is 44.8 Å². The van der Waals surface area contributed by atoms with Crippen molar-refractivity contribution in [3.63, 3.8) is 0 Å². The van der Waals surface area contributed by atoms with Crippen molar-refractivity contribution in [3.8, 4) is 33.6 Å². The van der Waals surface area contributed by atoms with Crippen LogP contribution in [0.1, 0.15) is 88.8 Å². The predicted octanol–water partition coefficient (Wildman–Crippen LogP) is 9.27. The summed E-state index contributed by atoms with van der Waals surface area (Å²) < 4.78 is 15.5. The van der Waals surface area contributed by atoms with Crippen molar-refractivity contribution < 1.29 is 9.05 Å². The topological polar surface area (TPSA) is 145 Å². The molecule has 3 aromatic carbocycles. The van der Waals surface area contributed by atoms with E-state index in [9.17, 15) is 0 Å². The Kier molecular flexibility index (Phi) is 6.43. The third-order valence-corrected chi connectivity index (χ3v) is 11.5. The molecule has 2 fully saturated rings. The molecule has 2 atom stereocenters. The maximum Gasteiger partial charge on any atom is 0.141 e. The normalized spacial score (nSPS) is 17.1. The Morgan fingerprint density at radius 3 is 1.96 bits per heavy atom. The number of fused-ring (bicyclic) bond motifs is 3. The molecule has 0 radical (unpaired) electrons. The molecule has 0 saturated heterocycles. The molecule has 268 valence electrons. The molecule has 54 heavy (non-hydrogen) atoms. The Morgan fingerprint density at radius 1 is 0.685 bits per heavy atom. The quantitative estimate of drug-likeness (QED) is 0.166. The average molecular weight is 715 g/mol. The van der Waals surface area contributed by atoms with E-state index in [2.05, 4.69) is 83.8 Å². The van der Waals surface area contributed by atoms with Gasteiger partial charge in [0.2, 0.25) is 0 Å². The van der Waals surface area contributed by atoms with Crippen molar-refractivity contribution in [1.29, 1.82) is 0 Å². The second-order valence-corrected chi connectivity index (χ2v) is 15.2. The van der Waals surface area contributed by atoms with E-state index in [0.29, 0.717) is 5.92 Å². The van der Waals surface area contributed by atoms with Gasteiger partial charge in [-0.25, -0.2) is 19.9 Å². The highest BCUT2D eigenvalue weighted by atomic mass is 16.5. The van der Waals surface area contributed by atoms with Crippen LogP contribution in [0.3, 0.4) is 0 Å². The number of rotatable bonds is 7. The lowest BCUT2D eigenvalue weighted by molar-refractivity contribution is 0.393. The van der Waals surface area contributed by atoms with Gasteiger partial charge < -0.3 is 23.6 Å². The summed E-state index contributed by atoms with van der Waals surface area (Å²) >= 11 is 0. The van der Waals surface area contributed by atoms with Gasteiger partial charge in [-0.15, -0.1) is 0 Å². The summed E-state index contributed by atoms with van der Waals surface area (Å²) in [6.07, 6.45) is 7.14. The largest absolute Gasteiger partial charge is 0.361 e. The molecule has 0 aliphatic heterocycles. The summed E-state index contributed by atoms with van der Waals surface area (Å²) in [5.74, 6) is 6.44. The molecular weight excluding hydrogens is 677 g/mol. The highest BCUT2D eigenvalue weighted by Gasteiger charge is 2.43. The van der Waals surface area contributed by atoms with Crippen molar-refractivity contribution in [1.82, 2.24) is 49.4 Å². The van der Waals surface area contributed by atoms with Crippen LogP contribution in [-0.2, 0) is 0 Å². The predicted molar refractivity (Wildman–Crippen MR) is 205 cm³/mol. The number of hydrogen-bond acceptors (Lipinski definition) is 8. The van der Waals surface area contributed by atoms with Crippen molar-refractivity contribution in [2.45, 2.75) is 78.6 Å². The highest BCUT2D eigenvalue weighted by molar-refractivity contribution is 5.94. The zero-order valence-corrected chi connectivity index (χ0v) is 30.9. The summed E-state index contributed by atoms with van der Waals surface area (Å²) in [5.41, 5.74) is 15.0. The first-order valence-electron chi connectivity index (χ1n) is 18.6. The minimum atomic E-state index is 0.231. The van der Waals surface area contributed by atoms with Gasteiger partial charge in [-0.1, -0.05) is 22.4 Å². The van der Waals surface area contributed by atoms with Crippen LogP contribution < -0.4 is 0 Å². The van der Waals surface area contributed by atoms with Crippen LogP contribution in [0, 0.1) is 41.5 Å². The SMILES string of the molecule is Cc1noc(C)c1-c1cc(-n2ccnc2C)c2nc(C3CC3c3cccc4c3nc(C)n4-c3cc(-c4c(C)noc4C)cc4[nH]c(C5CC5)nc34)[nH]c2c1. The number of nitrogens with zero attached hydrogens (tertiary/aromatic N) is 8. The molecule has 0 amide bonds. The third kappa shape index (κ3) is 4.61. The van der Waals surface area contributed by atoms with Crippen LogP contribution >= 0.6 is 0 Å². The van der Waals surface area contributed by atoms with Crippen LogP contribution in [0.5, 0.6) is 0 Å². The molecular formula is C42H38N10O2. The summed E-state index contributed by atoms with van der Waals surface area (Å²) in [6, 6.07) is 15.3. The van der Waals surface area contributed by atoms with Crippen molar-refractivity contribution in [3.05, 3.63) is 107 Å². The fraction of sp³-hybridized carbons (Fsp3) is 0.286. The van der Waals surface area contributed by atoms with Gasteiger partial charge in [0.1, 0.15) is 45.9 Å². The molecule has 9 aromatic rings. The van der Waals surface area contributed by atoms with E-state index in [-0.39, 0.29) is 11.8 Å². The summed E-state index contributed by atoms with van der Waals surface area (Å²) in [6.45, 7) is 12.0. The van der Waals surface area contributed by atoms with E-state index in [1.54, 1.807) is 0 Å². The molecule has 2 saturated carbocycles. The molecule has 11 rings (SSSR count). The summed E-state index contributed by atoms with van der Waals surface area (Å²) in [5, 5.41) is 8.50. The van der Waals surface area contributed by atoms with E-state index in [4.69, 9.17) is 24.0 Å². The molecule has 2 aliphatic rings. The molecule has 2 N–H and O–H groups in total. The Labute approximate surface area is 309 Å². The van der Waals surface area contributed by atoms with Gasteiger partial charge >= 0.3 is 0 Å². The zero-order chi connectivity index (χ0) is 36.6. The fourth-order valence-corrected chi connectivity index (χ4v) is 8.71. The van der Waals surface area contributed by atoms with Crippen LogP contribution in [0.25, 0.3) is 66.7 Å². The number of benzene rings is 3. The minimum Gasteiger partial charge on any atom is -0.361 e. The number of aromatic amines is 2. The second kappa shape index (κ2) is 11.1. The van der Waals surface area contributed by atoms with E-state index >= 15 is 0 Å². The summed E-state index contributed by atoms with van der Waals surface area (Å²) in [4.78, 5) is 27.6. The van der Waals surface area contributed by atoms with Gasteiger partial charge in [-0.05, 0) is 114 Å². The van der Waals surface area contributed by atoms with Crippen molar-refractivity contribution in [2.24, 2.45) is 0 Å². The van der Waals surface area contributed by atoms with E-state index < -0.39 is 0 Å². The molecule has 2 aliphatic carbocycles. The summed E-state index contributed by atoms with van der Waals surface area (Å²) in [7, 11) is 0. The van der Waals surface area contributed by atoms with E-state index in [1.807, 2.05) is 47.0 Å². The fourth-order valence-electron chi connectivity index (χ4n) is 8.71. The van der Waals surface area contributed by atoms with E-state index in [1.165, 1.54) is 18.4 Å². The highest BCUT2D eigenvalue weighted by Crippen LogP contribution is 2.55. The zero-order valence-electron chi connectivity index (χ0n) is 30.9. The Bertz CT molecular complexity index is 2940. The minimum absolute atomic E-state index is 0.231. The first-order chi connectivity index (χ1) is 26.2. The van der Waals surface area contributed by atoms with Gasteiger partial charge in [-0.2, -0.15) is 0 Å². The number of para-hydroxylation sites is 1. The maximum atomic E-state index is 5.60. The van der Waals surface area contributed by atoms with Crippen molar-refractivity contribution in [2.75, 3.05) is 0 Å². The van der Waals surface area contributed by atoms with Gasteiger partial charge in [0, 0.05) is 35.4 Å². The lowest BCUT2D eigenvalue weighted by atomic mass is 10.0. The molecule has 6 aromatic heterocycles. The number of hydrogen-bond donors (Lipinski definition) is 2. The third-order valence-electron chi connectivity index (χ3n) is 11.5. The first-order valence-corrected chi connectivity index (χ1v) is 18.6. The number of nitrogens with one attached hydrogen (secondary N) is 2. The Morgan fingerprint density at radius 2 is 1.33 bits per heavy atom. The van der Waals surface area contributed by atoms with Gasteiger partial charge in [-0.3, -0.25) is 4.57 Å². The number of H-pyrrole nitrogens is 2. The van der Waals surface area contributed by atoms with Crippen LogP contribution in [0.4, 0.5) is 0 Å². The molecule has 0 bridgehead atoms. The smallest absolute Gasteiger partial charge is 0.141 e. The molecule has 0 spiro atoms. The maximum absolute atomic E-state index is 5.60. The van der Waals surface area contributed by atoms with Gasteiger partial charge in [0.25, 0.3) is 0 Å². The Hall–Kier alpha value is -6.30. The van der Waals surface area contributed by atoms with E-state index in [0.717, 1.165) is 119 Å². The standard InChI is InChI=1S/C42H38N10O2/c1-19-36(21(3)53-49-19)26-14-31-39(34(16-26)51-13-12-43-23(51)5)48-42(46-31)30-18-29(30)28-8-7-9-33-38(28)44-24(6)52(33)35-17-27(37-20(2)50-54-22(37)4)15-32-40(35)47-41(45-32)25-10-11-25/h7-9,12-17,25,29-30H,10-11,18H2,1-6H3,(H,45,47)(H,46,48). The van der Waals surface area contributed by atoms with Crippen LogP contribution in [0.2, 0.25) is 0 Å². The van der Waals surface area contributed by atoms with Crippen molar-refractivity contribution >= 4 is 33.1 Å². The monoisotopic (exact) mass is 714 g/mol. The number of aryl methyl sites for hydroxylation is 6. The van der Waals surface area contributed by atoms with Gasteiger partial charge in [0.15, 0.2) is 0 Å².